The Kier molecular flexibility index (Phi) is 3.11. The van der Waals surface area contributed by atoms with Gasteiger partial charge in [0.25, 0.3) is 0 Å². The van der Waals surface area contributed by atoms with Crippen molar-refractivity contribution in [3.63, 3.8) is 0 Å². The van der Waals surface area contributed by atoms with Gasteiger partial charge in [-0.05, 0) is 19.4 Å². The molecule has 1 saturated heterocycles. The van der Waals surface area contributed by atoms with Crippen molar-refractivity contribution in [3.8, 4) is 0 Å². The Hall–Kier alpha value is -1.49. The van der Waals surface area contributed by atoms with Crippen molar-refractivity contribution < 1.29 is 18.7 Å². The standard InChI is InChI=1S/C12H13F2NO2/c1-6-9(13)3-2-8(11(6)14)10-4-7(5-15-10)12(16)17/h2-3,7,10,15H,4-5H2,1H3,(H,16,17). The van der Waals surface area contributed by atoms with Crippen LogP contribution in [-0.4, -0.2) is 17.6 Å². The first-order chi connectivity index (χ1) is 8.00. The molecule has 0 aliphatic carbocycles. The fourth-order valence-electron chi connectivity index (χ4n) is 2.11. The van der Waals surface area contributed by atoms with Crippen LogP contribution in [0.4, 0.5) is 8.78 Å². The van der Waals surface area contributed by atoms with E-state index < -0.39 is 23.5 Å². The molecule has 2 atom stereocenters. The Morgan fingerprint density at radius 3 is 2.76 bits per heavy atom. The zero-order valence-corrected chi connectivity index (χ0v) is 9.34. The van der Waals surface area contributed by atoms with Crippen LogP contribution in [0, 0.1) is 24.5 Å². The fourth-order valence-corrected chi connectivity index (χ4v) is 2.11. The highest BCUT2D eigenvalue weighted by Gasteiger charge is 2.31. The Morgan fingerprint density at radius 2 is 2.18 bits per heavy atom. The molecule has 1 heterocycles. The van der Waals surface area contributed by atoms with Gasteiger partial charge in [0.05, 0.1) is 5.92 Å². The lowest BCUT2D eigenvalue weighted by atomic mass is 9.98. The minimum absolute atomic E-state index is 0.0249. The summed E-state index contributed by atoms with van der Waals surface area (Å²) in [7, 11) is 0. The predicted octanol–water partition coefficient (Wildman–Crippen LogP) is 2.01. The fraction of sp³-hybridized carbons (Fsp3) is 0.417. The highest BCUT2D eigenvalue weighted by Crippen LogP contribution is 2.30. The van der Waals surface area contributed by atoms with Gasteiger partial charge in [-0.3, -0.25) is 4.79 Å². The third-order valence-corrected chi connectivity index (χ3v) is 3.21. The van der Waals surface area contributed by atoms with Crippen molar-refractivity contribution in [1.82, 2.24) is 5.32 Å². The number of hydrogen-bond acceptors (Lipinski definition) is 2. The normalized spacial score (nSPS) is 23.9. The maximum atomic E-state index is 13.8. The molecule has 0 radical (unpaired) electrons. The van der Waals surface area contributed by atoms with E-state index in [4.69, 9.17) is 5.11 Å². The van der Waals surface area contributed by atoms with Crippen molar-refractivity contribution in [2.24, 2.45) is 5.92 Å². The summed E-state index contributed by atoms with van der Waals surface area (Å²) in [5.74, 6) is -2.57. The lowest BCUT2D eigenvalue weighted by Crippen LogP contribution is -2.18. The first kappa shape index (κ1) is 12.0. The van der Waals surface area contributed by atoms with E-state index in [1.54, 1.807) is 0 Å². The van der Waals surface area contributed by atoms with Crippen LogP contribution in [-0.2, 0) is 4.79 Å². The first-order valence-corrected chi connectivity index (χ1v) is 5.41. The van der Waals surface area contributed by atoms with E-state index in [0.717, 1.165) is 0 Å². The van der Waals surface area contributed by atoms with E-state index >= 15 is 0 Å². The molecule has 0 aromatic heterocycles. The van der Waals surface area contributed by atoms with Crippen LogP contribution in [0.2, 0.25) is 0 Å². The topological polar surface area (TPSA) is 49.3 Å². The summed E-state index contributed by atoms with van der Waals surface area (Å²) in [5.41, 5.74) is 0.315. The molecule has 17 heavy (non-hydrogen) atoms. The van der Waals surface area contributed by atoms with E-state index in [1.165, 1.54) is 19.1 Å². The average molecular weight is 241 g/mol. The van der Waals surface area contributed by atoms with Gasteiger partial charge < -0.3 is 10.4 Å². The van der Waals surface area contributed by atoms with Gasteiger partial charge in [-0.2, -0.15) is 0 Å². The van der Waals surface area contributed by atoms with Crippen LogP contribution in [0.3, 0.4) is 0 Å². The van der Waals surface area contributed by atoms with Gasteiger partial charge in [-0.1, -0.05) is 6.07 Å². The Labute approximate surface area is 97.5 Å². The largest absolute Gasteiger partial charge is 0.481 e. The molecule has 1 aromatic rings. The van der Waals surface area contributed by atoms with Crippen LogP contribution < -0.4 is 5.32 Å². The predicted molar refractivity (Wildman–Crippen MR) is 57.6 cm³/mol. The molecule has 1 aromatic carbocycles. The molecule has 0 saturated carbocycles. The zero-order chi connectivity index (χ0) is 12.6. The van der Waals surface area contributed by atoms with Crippen molar-refractivity contribution >= 4 is 5.97 Å². The molecule has 1 aliphatic rings. The molecule has 1 fully saturated rings. The lowest BCUT2D eigenvalue weighted by Gasteiger charge is -2.13. The molecule has 2 unspecified atom stereocenters. The summed E-state index contributed by atoms with van der Waals surface area (Å²) in [6.07, 6.45) is 0.331. The monoisotopic (exact) mass is 241 g/mol. The van der Waals surface area contributed by atoms with E-state index in [9.17, 15) is 13.6 Å². The molecular formula is C12H13F2NO2. The number of hydrogen-bond donors (Lipinski definition) is 2. The van der Waals surface area contributed by atoms with Crippen LogP contribution in [0.15, 0.2) is 12.1 Å². The van der Waals surface area contributed by atoms with E-state index in [0.29, 0.717) is 18.5 Å². The van der Waals surface area contributed by atoms with Crippen LogP contribution in [0.25, 0.3) is 0 Å². The number of carboxylic acid groups (broad SMARTS) is 1. The highest BCUT2D eigenvalue weighted by molar-refractivity contribution is 5.70. The van der Waals surface area contributed by atoms with Crippen molar-refractivity contribution in [2.45, 2.75) is 19.4 Å². The number of rotatable bonds is 2. The number of carbonyl (C=O) groups is 1. The van der Waals surface area contributed by atoms with Crippen molar-refractivity contribution in [2.75, 3.05) is 6.54 Å². The number of aliphatic carboxylic acids is 1. The Bertz CT molecular complexity index is 462. The number of nitrogens with one attached hydrogen (secondary N) is 1. The van der Waals surface area contributed by atoms with Gasteiger partial charge in [0.15, 0.2) is 0 Å². The molecule has 0 bridgehead atoms. The SMILES string of the molecule is Cc1c(F)ccc(C2CC(C(=O)O)CN2)c1F. The molecule has 0 spiro atoms. The summed E-state index contributed by atoms with van der Waals surface area (Å²) >= 11 is 0. The van der Waals surface area contributed by atoms with Crippen molar-refractivity contribution in [1.29, 1.82) is 0 Å². The molecule has 92 valence electrons. The summed E-state index contributed by atoms with van der Waals surface area (Å²) in [6.45, 7) is 1.69. The molecule has 3 nitrogen and oxygen atoms in total. The highest BCUT2D eigenvalue weighted by atomic mass is 19.1. The van der Waals surface area contributed by atoms with Gasteiger partial charge in [0, 0.05) is 23.7 Å². The van der Waals surface area contributed by atoms with Gasteiger partial charge in [-0.25, -0.2) is 8.78 Å². The molecule has 1 aliphatic heterocycles. The van der Waals surface area contributed by atoms with E-state index in [2.05, 4.69) is 5.32 Å². The molecular weight excluding hydrogens is 228 g/mol. The minimum Gasteiger partial charge on any atom is -0.481 e. The lowest BCUT2D eigenvalue weighted by molar-refractivity contribution is -0.141. The minimum atomic E-state index is -0.890. The number of benzene rings is 1. The van der Waals surface area contributed by atoms with E-state index in [1.807, 2.05) is 0 Å². The summed E-state index contributed by atoms with van der Waals surface area (Å²) in [6, 6.07) is 2.23. The second kappa shape index (κ2) is 4.41. The average Bonchev–Trinajstić information content (AvgIpc) is 2.75. The summed E-state index contributed by atoms with van der Waals surface area (Å²) < 4.78 is 26.9. The second-order valence-corrected chi connectivity index (χ2v) is 4.31. The Balaban J connectivity index is 2.25. The maximum absolute atomic E-state index is 13.8. The quantitative estimate of drug-likeness (QED) is 0.832. The summed E-state index contributed by atoms with van der Waals surface area (Å²) in [4.78, 5) is 10.8. The smallest absolute Gasteiger partial charge is 0.307 e. The van der Waals surface area contributed by atoms with Gasteiger partial charge in [0.1, 0.15) is 11.6 Å². The van der Waals surface area contributed by atoms with Gasteiger partial charge >= 0.3 is 5.97 Å². The third-order valence-electron chi connectivity index (χ3n) is 3.21. The van der Waals surface area contributed by atoms with Crippen molar-refractivity contribution in [3.05, 3.63) is 34.9 Å². The Morgan fingerprint density at radius 1 is 1.47 bits per heavy atom. The van der Waals surface area contributed by atoms with Gasteiger partial charge in [0.2, 0.25) is 0 Å². The number of halogens is 2. The first-order valence-electron chi connectivity index (χ1n) is 5.41. The molecule has 0 amide bonds. The van der Waals surface area contributed by atoms with E-state index in [-0.39, 0.29) is 11.6 Å². The van der Waals surface area contributed by atoms with Crippen LogP contribution in [0.5, 0.6) is 0 Å². The molecule has 2 N–H and O–H groups in total. The van der Waals surface area contributed by atoms with Crippen LogP contribution >= 0.6 is 0 Å². The molecule has 5 heteroatoms. The second-order valence-electron chi connectivity index (χ2n) is 4.31. The number of carboxylic acids is 1. The third kappa shape index (κ3) is 2.15. The maximum Gasteiger partial charge on any atom is 0.307 e. The zero-order valence-electron chi connectivity index (χ0n) is 9.34. The molecule has 2 rings (SSSR count). The summed E-state index contributed by atoms with van der Waals surface area (Å²) in [5, 5.41) is 11.8. The van der Waals surface area contributed by atoms with Gasteiger partial charge in [-0.15, -0.1) is 0 Å². The van der Waals surface area contributed by atoms with Crippen LogP contribution in [0.1, 0.15) is 23.6 Å².